The third-order valence-electron chi connectivity index (χ3n) is 8.86. The number of pyridine rings is 1. The van der Waals surface area contributed by atoms with Crippen LogP contribution in [0.4, 0.5) is 0 Å². The van der Waals surface area contributed by atoms with Gasteiger partial charge < -0.3 is 0 Å². The molecule has 0 bridgehead atoms. The lowest BCUT2D eigenvalue weighted by Crippen LogP contribution is -1.93. The van der Waals surface area contributed by atoms with Crippen molar-refractivity contribution in [1.82, 2.24) is 4.98 Å². The van der Waals surface area contributed by atoms with E-state index in [1.54, 1.807) is 0 Å². The van der Waals surface area contributed by atoms with E-state index in [0.717, 1.165) is 5.69 Å². The molecule has 0 saturated carbocycles. The molecule has 1 nitrogen and oxygen atoms in total. The van der Waals surface area contributed by atoms with Crippen LogP contribution in [0.2, 0.25) is 0 Å². The van der Waals surface area contributed by atoms with Crippen LogP contribution in [0.3, 0.4) is 0 Å². The van der Waals surface area contributed by atoms with Crippen molar-refractivity contribution in [1.29, 1.82) is 0 Å². The van der Waals surface area contributed by atoms with Crippen molar-refractivity contribution in [3.63, 3.8) is 0 Å². The van der Waals surface area contributed by atoms with Gasteiger partial charge in [-0.05, 0) is 89.5 Å². The molecular formula is C41H25N. The van der Waals surface area contributed by atoms with Gasteiger partial charge in [0.25, 0.3) is 0 Å². The molecule has 1 heterocycles. The number of nitrogens with zero attached hydrogens (tertiary/aromatic N) is 1. The van der Waals surface area contributed by atoms with E-state index in [1.807, 2.05) is 12.3 Å². The first-order valence-electron chi connectivity index (χ1n) is 14.5. The lowest BCUT2D eigenvalue weighted by Gasteiger charge is -2.20. The Morgan fingerprint density at radius 1 is 0.333 bits per heavy atom. The highest BCUT2D eigenvalue weighted by molar-refractivity contribution is 6.28. The molecule has 0 unspecified atom stereocenters. The van der Waals surface area contributed by atoms with Gasteiger partial charge in [0.05, 0.1) is 5.69 Å². The van der Waals surface area contributed by atoms with Crippen LogP contribution >= 0.6 is 0 Å². The van der Waals surface area contributed by atoms with Gasteiger partial charge in [0.1, 0.15) is 0 Å². The number of rotatable bonds is 3. The minimum atomic E-state index is 1.08. The van der Waals surface area contributed by atoms with Gasteiger partial charge in [-0.1, -0.05) is 127 Å². The number of fused-ring (bicyclic) bond motifs is 7. The quantitative estimate of drug-likeness (QED) is 0.207. The van der Waals surface area contributed by atoms with Gasteiger partial charge in [0.15, 0.2) is 0 Å². The number of benzene rings is 7. The molecule has 0 fully saturated rings. The molecule has 9 rings (SSSR count). The molecule has 1 aliphatic rings. The molecule has 194 valence electrons. The Morgan fingerprint density at radius 2 is 0.881 bits per heavy atom. The van der Waals surface area contributed by atoms with E-state index < -0.39 is 0 Å². The summed E-state index contributed by atoms with van der Waals surface area (Å²) in [5.74, 6) is 0. The summed E-state index contributed by atoms with van der Waals surface area (Å²) < 4.78 is 0. The molecule has 8 aromatic rings. The maximum absolute atomic E-state index is 4.84. The highest BCUT2D eigenvalue weighted by Crippen LogP contribution is 2.51. The smallest absolute Gasteiger partial charge is 0.0787 e. The monoisotopic (exact) mass is 531 g/mol. The van der Waals surface area contributed by atoms with Crippen molar-refractivity contribution in [2.75, 3.05) is 0 Å². The summed E-state index contributed by atoms with van der Waals surface area (Å²) in [5.41, 5.74) is 12.2. The van der Waals surface area contributed by atoms with Crippen LogP contribution in [-0.4, -0.2) is 4.98 Å². The number of aromatic nitrogens is 1. The zero-order valence-corrected chi connectivity index (χ0v) is 22.9. The third-order valence-corrected chi connectivity index (χ3v) is 8.86. The Morgan fingerprint density at radius 3 is 1.62 bits per heavy atom. The van der Waals surface area contributed by atoms with E-state index >= 15 is 0 Å². The van der Waals surface area contributed by atoms with Crippen LogP contribution in [0.15, 0.2) is 152 Å². The minimum Gasteiger partial charge on any atom is -0.256 e. The normalized spacial score (nSPS) is 11.8. The Hall–Kier alpha value is -5.53. The second-order valence-electron chi connectivity index (χ2n) is 11.1. The van der Waals surface area contributed by atoms with E-state index in [1.165, 1.54) is 82.4 Å². The summed E-state index contributed by atoms with van der Waals surface area (Å²) in [7, 11) is 0. The molecular weight excluding hydrogens is 506 g/mol. The van der Waals surface area contributed by atoms with Crippen molar-refractivity contribution in [2.24, 2.45) is 0 Å². The van der Waals surface area contributed by atoms with E-state index in [-0.39, 0.29) is 0 Å². The molecule has 0 aliphatic heterocycles. The SMILES string of the molecule is c1ccc(-c2cccc(-c3ccccc3)c2-c2cc3c4cccc5c4c(cc3c3ccccc23)-c2ncccc2-5)cc1. The van der Waals surface area contributed by atoms with Gasteiger partial charge in [-0.25, -0.2) is 0 Å². The molecule has 0 N–H and O–H groups in total. The van der Waals surface area contributed by atoms with Gasteiger partial charge in [0.2, 0.25) is 0 Å². The molecule has 0 saturated heterocycles. The first-order chi connectivity index (χ1) is 20.9. The average molecular weight is 532 g/mol. The first kappa shape index (κ1) is 23.2. The summed E-state index contributed by atoms with van der Waals surface area (Å²) >= 11 is 0. The summed E-state index contributed by atoms with van der Waals surface area (Å²) in [5, 5.41) is 7.65. The van der Waals surface area contributed by atoms with Crippen molar-refractivity contribution in [2.45, 2.75) is 0 Å². The molecule has 0 spiro atoms. The van der Waals surface area contributed by atoms with Gasteiger partial charge in [0, 0.05) is 17.3 Å². The Bertz CT molecular complexity index is 2280. The van der Waals surface area contributed by atoms with Crippen molar-refractivity contribution < 1.29 is 0 Å². The van der Waals surface area contributed by atoms with Gasteiger partial charge in [-0.2, -0.15) is 0 Å². The average Bonchev–Trinajstić information content (AvgIpc) is 3.39. The fourth-order valence-corrected chi connectivity index (χ4v) is 7.07. The van der Waals surface area contributed by atoms with Crippen molar-refractivity contribution in [3.05, 3.63) is 152 Å². The van der Waals surface area contributed by atoms with Gasteiger partial charge in [-0.3, -0.25) is 4.98 Å². The van der Waals surface area contributed by atoms with Crippen LogP contribution < -0.4 is 0 Å². The Kier molecular flexibility index (Phi) is 4.97. The fourth-order valence-electron chi connectivity index (χ4n) is 7.07. The van der Waals surface area contributed by atoms with Crippen molar-refractivity contribution >= 4 is 32.3 Å². The van der Waals surface area contributed by atoms with E-state index in [2.05, 4.69) is 140 Å². The maximum atomic E-state index is 4.84. The van der Waals surface area contributed by atoms with Gasteiger partial charge in [-0.15, -0.1) is 0 Å². The fraction of sp³-hybridized carbons (Fsp3) is 0. The molecule has 0 radical (unpaired) electrons. The van der Waals surface area contributed by atoms with Crippen molar-refractivity contribution in [3.8, 4) is 55.8 Å². The summed E-state index contributed by atoms with van der Waals surface area (Å²) in [6, 6.07) is 53.0. The standard InChI is InChI=1S/C41H25N/c1-3-12-26(13-4-1)28-18-9-19-29(27-14-5-2-6-15-27)39(28)37-24-36-33-21-10-20-32-34-22-11-23-42-41(34)38(40(32)33)25-35(36)30-16-7-8-17-31(30)37/h1-25H. The second-order valence-corrected chi connectivity index (χ2v) is 11.1. The highest BCUT2D eigenvalue weighted by atomic mass is 14.7. The topological polar surface area (TPSA) is 12.9 Å². The highest BCUT2D eigenvalue weighted by Gasteiger charge is 2.25. The predicted octanol–water partition coefficient (Wildman–Crippen LogP) is 11.2. The zero-order chi connectivity index (χ0) is 27.6. The van der Waals surface area contributed by atoms with Crippen LogP contribution in [0.1, 0.15) is 0 Å². The largest absolute Gasteiger partial charge is 0.256 e. The number of hydrogen-bond acceptors (Lipinski definition) is 1. The Labute approximate surface area is 244 Å². The molecule has 0 atom stereocenters. The Balaban J connectivity index is 1.46. The maximum Gasteiger partial charge on any atom is 0.0787 e. The van der Waals surface area contributed by atoms with Crippen LogP contribution in [-0.2, 0) is 0 Å². The molecule has 42 heavy (non-hydrogen) atoms. The van der Waals surface area contributed by atoms with E-state index in [0.29, 0.717) is 0 Å². The molecule has 1 aliphatic carbocycles. The lowest BCUT2D eigenvalue weighted by atomic mass is 9.83. The second kappa shape index (κ2) is 8.99. The third kappa shape index (κ3) is 3.28. The number of hydrogen-bond donors (Lipinski definition) is 0. The van der Waals surface area contributed by atoms with Crippen LogP contribution in [0, 0.1) is 0 Å². The predicted molar refractivity (Wildman–Crippen MR) is 177 cm³/mol. The van der Waals surface area contributed by atoms with E-state index in [4.69, 9.17) is 4.98 Å². The van der Waals surface area contributed by atoms with Gasteiger partial charge >= 0.3 is 0 Å². The molecule has 1 heteroatoms. The van der Waals surface area contributed by atoms with Crippen LogP contribution in [0.25, 0.3) is 88.1 Å². The molecule has 1 aromatic heterocycles. The summed E-state index contributed by atoms with van der Waals surface area (Å²) in [6.45, 7) is 0. The molecule has 7 aromatic carbocycles. The summed E-state index contributed by atoms with van der Waals surface area (Å²) in [4.78, 5) is 4.84. The molecule has 0 amide bonds. The first-order valence-corrected chi connectivity index (χ1v) is 14.5. The van der Waals surface area contributed by atoms with Crippen LogP contribution in [0.5, 0.6) is 0 Å². The minimum absolute atomic E-state index is 1.08. The zero-order valence-electron chi connectivity index (χ0n) is 22.9. The van der Waals surface area contributed by atoms with E-state index in [9.17, 15) is 0 Å². The summed E-state index contributed by atoms with van der Waals surface area (Å²) in [6.07, 6.45) is 1.91. The lowest BCUT2D eigenvalue weighted by molar-refractivity contribution is 1.35.